The maximum atomic E-state index is 4.42. The van der Waals surface area contributed by atoms with Crippen LogP contribution in [0.5, 0.6) is 0 Å². The van der Waals surface area contributed by atoms with Gasteiger partial charge in [0.05, 0.1) is 6.20 Å². The summed E-state index contributed by atoms with van der Waals surface area (Å²) < 4.78 is 2.13. The molecule has 2 aliphatic heterocycles. The number of nitrogens with zero attached hydrogens (tertiary/aromatic N) is 3. The van der Waals surface area contributed by atoms with Gasteiger partial charge in [-0.15, -0.1) is 12.4 Å². The van der Waals surface area contributed by atoms with Crippen LogP contribution in [-0.2, 0) is 6.54 Å². The largest absolute Gasteiger partial charge is 0.316 e. The van der Waals surface area contributed by atoms with E-state index in [2.05, 4.69) is 33.1 Å². The molecule has 5 heteroatoms. The molecular weight excluding hydrogens is 284 g/mol. The Hall–Kier alpha value is -0.580. The molecule has 4 nitrogen and oxygen atoms in total. The quantitative estimate of drug-likeness (QED) is 0.926. The predicted octanol–water partition coefficient (Wildman–Crippen LogP) is 2.32. The average molecular weight is 313 g/mol. The lowest BCUT2D eigenvalue weighted by atomic mass is 9.94. The summed E-state index contributed by atoms with van der Waals surface area (Å²) >= 11 is 0. The Morgan fingerprint density at radius 2 is 2.00 bits per heavy atom. The van der Waals surface area contributed by atoms with Crippen LogP contribution in [-0.4, -0.2) is 47.4 Å². The van der Waals surface area contributed by atoms with E-state index in [4.69, 9.17) is 0 Å². The average Bonchev–Trinajstić information content (AvgIpc) is 2.88. The van der Waals surface area contributed by atoms with Crippen molar-refractivity contribution in [3.05, 3.63) is 18.0 Å². The van der Waals surface area contributed by atoms with Crippen molar-refractivity contribution in [2.45, 2.75) is 39.2 Å². The summed E-state index contributed by atoms with van der Waals surface area (Å²) in [6.07, 6.45) is 9.57. The Balaban J connectivity index is 0.00000161. The van der Waals surface area contributed by atoms with E-state index in [9.17, 15) is 0 Å². The van der Waals surface area contributed by atoms with Crippen LogP contribution in [0, 0.1) is 18.8 Å². The van der Waals surface area contributed by atoms with Crippen molar-refractivity contribution in [2.75, 3.05) is 32.7 Å². The summed E-state index contributed by atoms with van der Waals surface area (Å²) in [5.41, 5.74) is 1.27. The number of hydrogen-bond donors (Lipinski definition) is 1. The maximum absolute atomic E-state index is 4.42. The zero-order valence-electron chi connectivity index (χ0n) is 13.1. The highest BCUT2D eigenvalue weighted by Crippen LogP contribution is 2.21. The normalized spacial score (nSPS) is 24.7. The highest BCUT2D eigenvalue weighted by Gasteiger charge is 2.22. The molecule has 1 aromatic heterocycles. The van der Waals surface area contributed by atoms with Gasteiger partial charge in [-0.3, -0.25) is 4.68 Å². The second kappa shape index (κ2) is 8.16. The van der Waals surface area contributed by atoms with Gasteiger partial charge in [-0.05, 0) is 76.2 Å². The molecule has 0 amide bonds. The topological polar surface area (TPSA) is 33.1 Å². The van der Waals surface area contributed by atoms with Gasteiger partial charge in [0, 0.05) is 19.3 Å². The lowest BCUT2D eigenvalue weighted by molar-refractivity contribution is 0.141. The molecule has 0 radical (unpaired) electrons. The number of nitrogens with one attached hydrogen (secondary N) is 1. The van der Waals surface area contributed by atoms with E-state index < -0.39 is 0 Å². The van der Waals surface area contributed by atoms with Gasteiger partial charge in [0.2, 0.25) is 0 Å². The van der Waals surface area contributed by atoms with Crippen molar-refractivity contribution in [1.82, 2.24) is 20.0 Å². The summed E-state index contributed by atoms with van der Waals surface area (Å²) in [7, 11) is 0. The van der Waals surface area contributed by atoms with E-state index in [1.807, 2.05) is 6.20 Å². The van der Waals surface area contributed by atoms with Crippen LogP contribution in [0.3, 0.4) is 0 Å². The molecule has 2 aliphatic rings. The molecule has 3 rings (SSSR count). The molecule has 2 saturated heterocycles. The summed E-state index contributed by atoms with van der Waals surface area (Å²) in [6, 6.07) is 0. The minimum absolute atomic E-state index is 0. The van der Waals surface area contributed by atoms with Crippen molar-refractivity contribution < 1.29 is 0 Å². The lowest BCUT2D eigenvalue weighted by Gasteiger charge is -2.35. The van der Waals surface area contributed by atoms with Gasteiger partial charge in [0.15, 0.2) is 0 Å². The SMILES string of the molecule is Cc1cnn(CC2CCN(CC3CCCNC3)CC2)c1.Cl. The standard InChI is InChI=1S/C16H28N4.ClH/c1-14-9-18-20(11-14)13-15-4-7-19(8-5-15)12-16-3-2-6-17-10-16;/h9,11,15-17H,2-8,10,12-13H2,1H3;1H. The third-order valence-corrected chi connectivity index (χ3v) is 4.83. The lowest BCUT2D eigenvalue weighted by Crippen LogP contribution is -2.42. The van der Waals surface area contributed by atoms with Gasteiger partial charge < -0.3 is 10.2 Å². The van der Waals surface area contributed by atoms with Crippen LogP contribution < -0.4 is 5.32 Å². The molecular formula is C16H29ClN4. The number of hydrogen-bond acceptors (Lipinski definition) is 3. The van der Waals surface area contributed by atoms with Crippen LogP contribution in [0.1, 0.15) is 31.2 Å². The second-order valence-corrected chi connectivity index (χ2v) is 6.70. The number of aromatic nitrogens is 2. The zero-order valence-corrected chi connectivity index (χ0v) is 13.9. The third kappa shape index (κ3) is 4.97. The fraction of sp³-hybridized carbons (Fsp3) is 0.812. The van der Waals surface area contributed by atoms with Crippen molar-refractivity contribution in [1.29, 1.82) is 0 Å². The number of likely N-dealkylation sites (tertiary alicyclic amines) is 1. The second-order valence-electron chi connectivity index (χ2n) is 6.70. The number of rotatable bonds is 4. The molecule has 120 valence electrons. The van der Waals surface area contributed by atoms with Crippen molar-refractivity contribution in [3.63, 3.8) is 0 Å². The predicted molar refractivity (Wildman–Crippen MR) is 89.0 cm³/mol. The van der Waals surface area contributed by atoms with Gasteiger partial charge >= 0.3 is 0 Å². The molecule has 1 unspecified atom stereocenters. The molecule has 1 aromatic rings. The molecule has 3 heterocycles. The third-order valence-electron chi connectivity index (χ3n) is 4.83. The Kier molecular flexibility index (Phi) is 6.52. The van der Waals surface area contributed by atoms with Crippen LogP contribution in [0.4, 0.5) is 0 Å². The molecule has 0 saturated carbocycles. The zero-order chi connectivity index (χ0) is 13.8. The van der Waals surface area contributed by atoms with Gasteiger partial charge in [0.25, 0.3) is 0 Å². The minimum Gasteiger partial charge on any atom is -0.316 e. The molecule has 2 fully saturated rings. The molecule has 0 aromatic carbocycles. The van der Waals surface area contributed by atoms with Crippen molar-refractivity contribution in [3.8, 4) is 0 Å². The molecule has 1 atom stereocenters. The van der Waals surface area contributed by atoms with E-state index in [-0.39, 0.29) is 12.4 Å². The fourth-order valence-electron chi connectivity index (χ4n) is 3.63. The monoisotopic (exact) mass is 312 g/mol. The van der Waals surface area contributed by atoms with E-state index in [0.29, 0.717) is 0 Å². The Morgan fingerprint density at radius 3 is 2.62 bits per heavy atom. The first-order valence-electron chi connectivity index (χ1n) is 8.22. The first kappa shape index (κ1) is 16.8. The number of halogens is 1. The maximum Gasteiger partial charge on any atom is 0.0518 e. The van der Waals surface area contributed by atoms with Gasteiger partial charge in [-0.1, -0.05) is 0 Å². The van der Waals surface area contributed by atoms with Crippen molar-refractivity contribution >= 4 is 12.4 Å². The van der Waals surface area contributed by atoms with Crippen LogP contribution in [0.2, 0.25) is 0 Å². The van der Waals surface area contributed by atoms with Gasteiger partial charge in [-0.25, -0.2) is 0 Å². The summed E-state index contributed by atoms with van der Waals surface area (Å²) in [5, 5.41) is 7.95. The van der Waals surface area contributed by atoms with Crippen LogP contribution >= 0.6 is 12.4 Å². The van der Waals surface area contributed by atoms with Crippen LogP contribution in [0.15, 0.2) is 12.4 Å². The molecule has 0 spiro atoms. The van der Waals surface area contributed by atoms with E-state index in [0.717, 1.165) is 18.4 Å². The van der Waals surface area contributed by atoms with E-state index in [1.54, 1.807) is 0 Å². The Labute approximate surface area is 134 Å². The summed E-state index contributed by atoms with van der Waals surface area (Å²) in [5.74, 6) is 1.70. The molecule has 0 bridgehead atoms. The molecule has 1 N–H and O–H groups in total. The van der Waals surface area contributed by atoms with Gasteiger partial charge in [-0.2, -0.15) is 5.10 Å². The molecule has 21 heavy (non-hydrogen) atoms. The minimum atomic E-state index is 0. The smallest absolute Gasteiger partial charge is 0.0518 e. The Bertz CT molecular complexity index is 406. The molecule has 0 aliphatic carbocycles. The first-order valence-corrected chi connectivity index (χ1v) is 8.22. The highest BCUT2D eigenvalue weighted by atomic mass is 35.5. The Morgan fingerprint density at radius 1 is 1.19 bits per heavy atom. The number of aryl methyl sites for hydroxylation is 1. The van der Waals surface area contributed by atoms with Crippen LogP contribution in [0.25, 0.3) is 0 Å². The highest BCUT2D eigenvalue weighted by molar-refractivity contribution is 5.85. The first-order chi connectivity index (χ1) is 9.79. The number of piperidine rings is 2. The summed E-state index contributed by atoms with van der Waals surface area (Å²) in [6.45, 7) is 9.54. The van der Waals surface area contributed by atoms with E-state index >= 15 is 0 Å². The summed E-state index contributed by atoms with van der Waals surface area (Å²) in [4.78, 5) is 2.68. The fourth-order valence-corrected chi connectivity index (χ4v) is 3.63. The van der Waals surface area contributed by atoms with E-state index in [1.165, 1.54) is 64.0 Å². The van der Waals surface area contributed by atoms with Crippen molar-refractivity contribution in [2.24, 2.45) is 11.8 Å². The van der Waals surface area contributed by atoms with Gasteiger partial charge in [0.1, 0.15) is 0 Å².